The largest absolute Gasteiger partial charge is 0.502 e. The van der Waals surface area contributed by atoms with E-state index < -0.39 is 16.4 Å². The first-order valence-electron chi connectivity index (χ1n) is 5.69. The molecule has 0 aromatic heterocycles. The van der Waals surface area contributed by atoms with E-state index in [0.717, 1.165) is 6.07 Å². The number of hydrazone groups is 1. The van der Waals surface area contributed by atoms with Crippen LogP contribution in [-0.2, 0) is 0 Å². The van der Waals surface area contributed by atoms with E-state index in [1.54, 1.807) is 24.3 Å². The second-order valence-electron chi connectivity index (χ2n) is 4.00. The molecule has 0 saturated carbocycles. The lowest BCUT2D eigenvalue weighted by molar-refractivity contribution is -0.385. The number of benzene rings is 2. The summed E-state index contributed by atoms with van der Waals surface area (Å²) in [4.78, 5) is 10.1. The number of halogens is 3. The second kappa shape index (κ2) is 7.84. The predicted molar refractivity (Wildman–Crippen MR) is 89.7 cm³/mol. The van der Waals surface area contributed by atoms with Crippen molar-refractivity contribution in [3.63, 3.8) is 0 Å². The van der Waals surface area contributed by atoms with Crippen molar-refractivity contribution in [2.75, 3.05) is 5.43 Å². The molecule has 6 nitrogen and oxygen atoms in total. The van der Waals surface area contributed by atoms with Gasteiger partial charge in [0, 0.05) is 21.7 Å². The first-order chi connectivity index (χ1) is 9.97. The summed E-state index contributed by atoms with van der Waals surface area (Å²) in [5, 5.41) is 25.2. The van der Waals surface area contributed by atoms with E-state index in [4.69, 9.17) is 23.2 Å². The molecular weight excluding hydrogens is 353 g/mol. The Bertz CT molecular complexity index is 706. The van der Waals surface area contributed by atoms with Crippen LogP contribution >= 0.6 is 35.6 Å². The Kier molecular flexibility index (Phi) is 6.42. The summed E-state index contributed by atoms with van der Waals surface area (Å²) in [7, 11) is 0. The normalized spacial score (nSPS) is 10.3. The van der Waals surface area contributed by atoms with E-state index >= 15 is 0 Å². The topological polar surface area (TPSA) is 87.8 Å². The van der Waals surface area contributed by atoms with Gasteiger partial charge < -0.3 is 5.11 Å². The van der Waals surface area contributed by atoms with Gasteiger partial charge in [0.2, 0.25) is 5.75 Å². The number of phenols is 1. The number of phenolic OH excluding ortho intramolecular Hbond substituents is 1. The molecule has 0 atom stereocenters. The van der Waals surface area contributed by atoms with E-state index in [-0.39, 0.29) is 23.0 Å². The Hall–Kier alpha value is -2.02. The molecule has 0 aliphatic heterocycles. The number of aromatic hydroxyl groups is 1. The summed E-state index contributed by atoms with van der Waals surface area (Å²) in [5.74, 6) is -0.494. The van der Waals surface area contributed by atoms with Crippen molar-refractivity contribution < 1.29 is 10.0 Å². The molecule has 2 rings (SSSR count). The zero-order valence-corrected chi connectivity index (χ0v) is 13.2. The SMILES string of the molecule is Cl.O=[N+]([O-])c1cc(Cl)cc(/C=N/Nc2ccc(Cl)cc2)c1O. The van der Waals surface area contributed by atoms with Crippen molar-refractivity contribution in [1.82, 2.24) is 0 Å². The molecule has 22 heavy (non-hydrogen) atoms. The minimum absolute atomic E-state index is 0. The van der Waals surface area contributed by atoms with Crippen LogP contribution in [0.5, 0.6) is 5.75 Å². The fourth-order valence-corrected chi connectivity index (χ4v) is 1.89. The summed E-state index contributed by atoms with van der Waals surface area (Å²) >= 11 is 11.5. The Labute approximate surface area is 141 Å². The zero-order chi connectivity index (χ0) is 15.4. The number of nitrogens with one attached hydrogen (secondary N) is 1. The second-order valence-corrected chi connectivity index (χ2v) is 4.87. The van der Waals surface area contributed by atoms with Gasteiger partial charge in [0.1, 0.15) is 0 Å². The lowest BCUT2D eigenvalue weighted by Gasteiger charge is -2.02. The summed E-state index contributed by atoms with van der Waals surface area (Å²) < 4.78 is 0. The van der Waals surface area contributed by atoms with Crippen molar-refractivity contribution in [3.8, 4) is 5.75 Å². The summed E-state index contributed by atoms with van der Waals surface area (Å²) in [5.41, 5.74) is 3.03. The number of anilines is 1. The molecule has 0 saturated heterocycles. The van der Waals surface area contributed by atoms with Crippen LogP contribution in [0.15, 0.2) is 41.5 Å². The highest BCUT2D eigenvalue weighted by molar-refractivity contribution is 6.31. The third kappa shape index (κ3) is 4.49. The van der Waals surface area contributed by atoms with Crippen molar-refractivity contribution >= 4 is 53.2 Å². The van der Waals surface area contributed by atoms with Crippen LogP contribution in [0.25, 0.3) is 0 Å². The van der Waals surface area contributed by atoms with Gasteiger partial charge in [-0.15, -0.1) is 12.4 Å². The highest BCUT2D eigenvalue weighted by Crippen LogP contribution is 2.32. The van der Waals surface area contributed by atoms with Gasteiger partial charge in [0.15, 0.2) is 0 Å². The molecule has 0 unspecified atom stereocenters. The van der Waals surface area contributed by atoms with Crippen LogP contribution in [-0.4, -0.2) is 16.2 Å². The van der Waals surface area contributed by atoms with Crippen molar-refractivity contribution in [2.45, 2.75) is 0 Å². The number of nitrogens with zero attached hydrogens (tertiary/aromatic N) is 2. The van der Waals surface area contributed by atoms with Gasteiger partial charge >= 0.3 is 5.69 Å². The average molecular weight is 363 g/mol. The highest BCUT2D eigenvalue weighted by atomic mass is 35.5. The fraction of sp³-hybridized carbons (Fsp3) is 0. The maximum atomic E-state index is 10.8. The molecule has 0 spiro atoms. The van der Waals surface area contributed by atoms with Crippen molar-refractivity contribution in [1.29, 1.82) is 0 Å². The Morgan fingerprint density at radius 1 is 1.18 bits per heavy atom. The Balaban J connectivity index is 0.00000242. The van der Waals surface area contributed by atoms with Crippen LogP contribution in [0.4, 0.5) is 11.4 Å². The van der Waals surface area contributed by atoms with Crippen LogP contribution in [0.3, 0.4) is 0 Å². The molecule has 0 amide bonds. The van der Waals surface area contributed by atoms with E-state index in [1.165, 1.54) is 12.3 Å². The van der Waals surface area contributed by atoms with Crippen LogP contribution in [0, 0.1) is 10.1 Å². The van der Waals surface area contributed by atoms with E-state index in [2.05, 4.69) is 10.5 Å². The van der Waals surface area contributed by atoms with Gasteiger partial charge in [-0.3, -0.25) is 15.5 Å². The summed E-state index contributed by atoms with van der Waals surface area (Å²) in [6.07, 6.45) is 1.24. The van der Waals surface area contributed by atoms with Gasteiger partial charge in [-0.05, 0) is 30.3 Å². The number of nitro groups is 1. The Morgan fingerprint density at radius 3 is 2.41 bits per heavy atom. The van der Waals surface area contributed by atoms with Gasteiger partial charge in [-0.2, -0.15) is 5.10 Å². The molecule has 0 bridgehead atoms. The number of hydrogen-bond acceptors (Lipinski definition) is 5. The van der Waals surface area contributed by atoms with Crippen LogP contribution in [0.2, 0.25) is 10.0 Å². The standard InChI is InChI=1S/C13H9Cl2N3O3.ClH/c14-9-1-3-11(4-2-9)17-16-7-8-5-10(15)6-12(13(8)19)18(20)21;/h1-7,17,19H;1H/b16-7+;. The molecule has 9 heteroatoms. The van der Waals surface area contributed by atoms with E-state index in [0.29, 0.717) is 10.7 Å². The highest BCUT2D eigenvalue weighted by Gasteiger charge is 2.17. The van der Waals surface area contributed by atoms with Crippen molar-refractivity contribution in [2.24, 2.45) is 5.10 Å². The lowest BCUT2D eigenvalue weighted by atomic mass is 10.2. The molecule has 2 aromatic carbocycles. The first-order valence-corrected chi connectivity index (χ1v) is 6.44. The maximum absolute atomic E-state index is 10.8. The molecule has 2 N–H and O–H groups in total. The first kappa shape index (κ1) is 18.0. The fourth-order valence-electron chi connectivity index (χ4n) is 1.54. The molecule has 2 aromatic rings. The third-order valence-corrected chi connectivity index (χ3v) is 2.99. The van der Waals surface area contributed by atoms with Crippen LogP contribution < -0.4 is 5.43 Å². The van der Waals surface area contributed by atoms with E-state index in [9.17, 15) is 15.2 Å². The molecule has 0 aliphatic rings. The number of hydrogen-bond donors (Lipinski definition) is 2. The summed E-state index contributed by atoms with van der Waals surface area (Å²) in [6, 6.07) is 9.22. The molecule has 0 aliphatic carbocycles. The summed E-state index contributed by atoms with van der Waals surface area (Å²) in [6.45, 7) is 0. The average Bonchev–Trinajstić information content (AvgIpc) is 2.44. The van der Waals surface area contributed by atoms with Gasteiger partial charge in [0.25, 0.3) is 0 Å². The van der Waals surface area contributed by atoms with Crippen LogP contribution in [0.1, 0.15) is 5.56 Å². The Morgan fingerprint density at radius 2 is 1.82 bits per heavy atom. The monoisotopic (exact) mass is 361 g/mol. The lowest BCUT2D eigenvalue weighted by Crippen LogP contribution is -1.94. The maximum Gasteiger partial charge on any atom is 0.312 e. The molecule has 116 valence electrons. The number of rotatable bonds is 4. The molecular formula is C13H10Cl3N3O3. The number of nitro benzene ring substituents is 1. The molecule has 0 fully saturated rings. The van der Waals surface area contributed by atoms with Gasteiger partial charge in [-0.1, -0.05) is 23.2 Å². The minimum atomic E-state index is -0.717. The van der Waals surface area contributed by atoms with E-state index in [1.807, 2.05) is 0 Å². The van der Waals surface area contributed by atoms with Crippen molar-refractivity contribution in [3.05, 3.63) is 62.1 Å². The quantitative estimate of drug-likeness (QED) is 0.477. The molecule has 0 radical (unpaired) electrons. The van der Waals surface area contributed by atoms with Gasteiger partial charge in [0.05, 0.1) is 16.8 Å². The molecule has 0 heterocycles. The van der Waals surface area contributed by atoms with Gasteiger partial charge in [-0.25, -0.2) is 0 Å². The minimum Gasteiger partial charge on any atom is -0.502 e. The zero-order valence-electron chi connectivity index (χ0n) is 10.9. The third-order valence-electron chi connectivity index (χ3n) is 2.52. The predicted octanol–water partition coefficient (Wildman–Crippen LogP) is 4.48. The smallest absolute Gasteiger partial charge is 0.312 e.